The normalized spacial score (nSPS) is 23.7. The van der Waals surface area contributed by atoms with Crippen LogP contribution in [-0.4, -0.2) is 55.1 Å². The summed E-state index contributed by atoms with van der Waals surface area (Å²) in [6.07, 6.45) is 1.17. The molecule has 2 aliphatic rings. The molecule has 67 valence electrons. The Morgan fingerprint density at radius 2 is 1.58 bits per heavy atom. The first-order valence-corrected chi connectivity index (χ1v) is 4.55. The van der Waals surface area contributed by atoms with Gasteiger partial charge in [0.15, 0.2) is 0 Å². The summed E-state index contributed by atoms with van der Waals surface area (Å²) in [5.41, 5.74) is 0. The fraction of sp³-hybridized carbons (Fsp3) is 0.875. The monoisotopic (exact) mass is 168 g/mol. The van der Waals surface area contributed by atoms with E-state index in [9.17, 15) is 4.79 Å². The van der Waals surface area contributed by atoms with Crippen LogP contribution in [0.3, 0.4) is 0 Å². The van der Waals surface area contributed by atoms with E-state index < -0.39 is 0 Å². The molecule has 2 amide bonds. The maximum Gasteiger partial charge on any atom is 0.320 e. The average Bonchev–Trinajstić information content (AvgIpc) is 2.03. The standard InChI is InChI=1S/C8H14N3O/c12-8(10-4-1-5-10)11-6-2-9-3-7-11/h1-7H2. The molecule has 2 aliphatic heterocycles. The number of urea groups is 1. The van der Waals surface area contributed by atoms with Gasteiger partial charge in [-0.2, -0.15) is 0 Å². The molecular formula is C8H14N3O. The van der Waals surface area contributed by atoms with Gasteiger partial charge in [0.05, 0.1) is 0 Å². The summed E-state index contributed by atoms with van der Waals surface area (Å²) in [6, 6.07) is 0.219. The van der Waals surface area contributed by atoms with E-state index in [2.05, 4.69) is 5.32 Å². The molecule has 2 rings (SSSR count). The van der Waals surface area contributed by atoms with Crippen molar-refractivity contribution in [3.63, 3.8) is 0 Å². The molecule has 0 spiro atoms. The van der Waals surface area contributed by atoms with Crippen molar-refractivity contribution >= 4 is 6.03 Å². The summed E-state index contributed by atoms with van der Waals surface area (Å²) in [5, 5.41) is 4.20. The van der Waals surface area contributed by atoms with Gasteiger partial charge in [-0.25, -0.2) is 10.1 Å². The maximum absolute atomic E-state index is 11.6. The van der Waals surface area contributed by atoms with E-state index in [1.165, 1.54) is 6.42 Å². The SMILES string of the molecule is O=C(N1CCC1)N1CC[N]CC1. The van der Waals surface area contributed by atoms with Crippen molar-refractivity contribution in [2.45, 2.75) is 6.42 Å². The number of carbonyl (C=O) groups excluding carboxylic acids is 1. The van der Waals surface area contributed by atoms with Gasteiger partial charge in [-0.1, -0.05) is 0 Å². The van der Waals surface area contributed by atoms with Crippen LogP contribution in [-0.2, 0) is 0 Å². The molecule has 0 N–H and O–H groups in total. The van der Waals surface area contributed by atoms with Crippen LogP contribution in [0, 0.1) is 0 Å². The molecule has 0 unspecified atom stereocenters. The topological polar surface area (TPSA) is 37.7 Å². The molecule has 0 bridgehead atoms. The van der Waals surface area contributed by atoms with Crippen molar-refractivity contribution in [3.05, 3.63) is 0 Å². The van der Waals surface area contributed by atoms with Crippen LogP contribution in [0.5, 0.6) is 0 Å². The number of piperazine rings is 1. The lowest BCUT2D eigenvalue weighted by molar-refractivity contribution is 0.121. The zero-order valence-corrected chi connectivity index (χ0v) is 7.20. The van der Waals surface area contributed by atoms with E-state index >= 15 is 0 Å². The summed E-state index contributed by atoms with van der Waals surface area (Å²) in [7, 11) is 0. The quantitative estimate of drug-likeness (QED) is 0.490. The van der Waals surface area contributed by atoms with Gasteiger partial charge in [-0.05, 0) is 6.42 Å². The summed E-state index contributed by atoms with van der Waals surface area (Å²) < 4.78 is 0. The molecular weight excluding hydrogens is 154 g/mol. The van der Waals surface area contributed by atoms with Crippen LogP contribution in [0.2, 0.25) is 0 Å². The number of likely N-dealkylation sites (tertiary alicyclic amines) is 1. The van der Waals surface area contributed by atoms with Gasteiger partial charge >= 0.3 is 6.03 Å². The average molecular weight is 168 g/mol. The van der Waals surface area contributed by atoms with Gasteiger partial charge in [0, 0.05) is 39.3 Å². The Bertz CT molecular complexity index is 173. The van der Waals surface area contributed by atoms with Crippen molar-refractivity contribution in [1.29, 1.82) is 0 Å². The van der Waals surface area contributed by atoms with E-state index in [1.807, 2.05) is 9.80 Å². The smallest absolute Gasteiger partial charge is 0.320 e. The lowest BCUT2D eigenvalue weighted by Crippen LogP contribution is -2.53. The predicted octanol–water partition coefficient (Wildman–Crippen LogP) is -0.268. The minimum atomic E-state index is 0.219. The Balaban J connectivity index is 1.84. The zero-order chi connectivity index (χ0) is 8.39. The van der Waals surface area contributed by atoms with E-state index in [0.29, 0.717) is 0 Å². The molecule has 2 fully saturated rings. The molecule has 1 radical (unpaired) electrons. The van der Waals surface area contributed by atoms with Crippen LogP contribution in [0.1, 0.15) is 6.42 Å². The largest absolute Gasteiger partial charge is 0.325 e. The number of hydrogen-bond donors (Lipinski definition) is 0. The molecule has 0 aromatic carbocycles. The number of amides is 2. The first-order chi connectivity index (χ1) is 5.88. The van der Waals surface area contributed by atoms with Gasteiger partial charge in [-0.3, -0.25) is 0 Å². The third-order valence-electron chi connectivity index (χ3n) is 2.45. The zero-order valence-electron chi connectivity index (χ0n) is 7.20. The first kappa shape index (κ1) is 7.86. The van der Waals surface area contributed by atoms with Crippen molar-refractivity contribution in [2.24, 2.45) is 0 Å². The number of nitrogens with zero attached hydrogens (tertiary/aromatic N) is 3. The Labute approximate surface area is 72.5 Å². The molecule has 4 nitrogen and oxygen atoms in total. The fourth-order valence-electron chi connectivity index (χ4n) is 1.51. The molecule has 0 aromatic heterocycles. The van der Waals surface area contributed by atoms with E-state index in [4.69, 9.17) is 0 Å². The highest BCUT2D eigenvalue weighted by Gasteiger charge is 2.26. The lowest BCUT2D eigenvalue weighted by atomic mass is 10.2. The van der Waals surface area contributed by atoms with Gasteiger partial charge in [0.25, 0.3) is 0 Å². The highest BCUT2D eigenvalue weighted by atomic mass is 16.2. The van der Waals surface area contributed by atoms with Crippen LogP contribution >= 0.6 is 0 Å². The van der Waals surface area contributed by atoms with Gasteiger partial charge in [-0.15, -0.1) is 0 Å². The van der Waals surface area contributed by atoms with E-state index in [0.717, 1.165) is 39.3 Å². The van der Waals surface area contributed by atoms with Crippen LogP contribution in [0.25, 0.3) is 0 Å². The van der Waals surface area contributed by atoms with Crippen molar-refractivity contribution < 1.29 is 4.79 Å². The molecule has 0 aliphatic carbocycles. The van der Waals surface area contributed by atoms with Gasteiger partial charge < -0.3 is 9.80 Å². The lowest BCUT2D eigenvalue weighted by Gasteiger charge is -2.37. The van der Waals surface area contributed by atoms with Crippen LogP contribution < -0.4 is 5.32 Å². The number of hydrogen-bond acceptors (Lipinski definition) is 1. The van der Waals surface area contributed by atoms with E-state index in [1.54, 1.807) is 0 Å². The minimum absolute atomic E-state index is 0.219. The second-order valence-corrected chi connectivity index (χ2v) is 3.28. The molecule has 2 heterocycles. The summed E-state index contributed by atoms with van der Waals surface area (Å²) >= 11 is 0. The molecule has 0 atom stereocenters. The molecule has 0 saturated carbocycles. The predicted molar refractivity (Wildman–Crippen MR) is 45.0 cm³/mol. The summed E-state index contributed by atoms with van der Waals surface area (Å²) in [4.78, 5) is 15.4. The van der Waals surface area contributed by atoms with Crippen LogP contribution in [0.15, 0.2) is 0 Å². The fourth-order valence-corrected chi connectivity index (χ4v) is 1.51. The highest BCUT2D eigenvalue weighted by Crippen LogP contribution is 2.10. The second-order valence-electron chi connectivity index (χ2n) is 3.28. The third-order valence-corrected chi connectivity index (χ3v) is 2.45. The summed E-state index contributed by atoms with van der Waals surface area (Å²) in [6.45, 7) is 5.17. The summed E-state index contributed by atoms with van der Waals surface area (Å²) in [5.74, 6) is 0. The highest BCUT2D eigenvalue weighted by molar-refractivity contribution is 5.75. The Morgan fingerprint density at radius 1 is 1.00 bits per heavy atom. The van der Waals surface area contributed by atoms with Gasteiger partial charge in [0.2, 0.25) is 0 Å². The van der Waals surface area contributed by atoms with Crippen molar-refractivity contribution in [3.8, 4) is 0 Å². The Morgan fingerprint density at radius 3 is 2.08 bits per heavy atom. The third kappa shape index (κ3) is 1.39. The Hall–Kier alpha value is -0.770. The van der Waals surface area contributed by atoms with Crippen molar-refractivity contribution in [2.75, 3.05) is 39.3 Å². The molecule has 2 saturated heterocycles. The van der Waals surface area contributed by atoms with Crippen LogP contribution in [0.4, 0.5) is 4.79 Å². The first-order valence-electron chi connectivity index (χ1n) is 4.55. The Kier molecular flexibility index (Phi) is 2.17. The van der Waals surface area contributed by atoms with Crippen molar-refractivity contribution in [1.82, 2.24) is 15.1 Å². The molecule has 4 heteroatoms. The maximum atomic E-state index is 11.6. The van der Waals surface area contributed by atoms with Gasteiger partial charge in [0.1, 0.15) is 0 Å². The molecule has 12 heavy (non-hydrogen) atoms. The second kappa shape index (κ2) is 3.31. The number of rotatable bonds is 0. The molecule has 0 aromatic rings. The van der Waals surface area contributed by atoms with E-state index in [-0.39, 0.29) is 6.03 Å². The minimum Gasteiger partial charge on any atom is -0.325 e. The number of carbonyl (C=O) groups is 1.